The van der Waals surface area contributed by atoms with Crippen LogP contribution in [0.25, 0.3) is 10.8 Å². The molecule has 0 unspecified atom stereocenters. The van der Waals surface area contributed by atoms with E-state index in [0.29, 0.717) is 15.4 Å². The highest BCUT2D eigenvalue weighted by Crippen LogP contribution is 2.22. The van der Waals surface area contributed by atoms with Crippen LogP contribution in [-0.2, 0) is 11.3 Å². The lowest BCUT2D eigenvalue weighted by atomic mass is 10.3. The van der Waals surface area contributed by atoms with E-state index in [1.165, 1.54) is 22.7 Å². The molecule has 9 heteroatoms. The molecule has 22 heavy (non-hydrogen) atoms. The lowest BCUT2D eigenvalue weighted by Crippen LogP contribution is -2.25. The number of nitriles is 1. The zero-order valence-electron chi connectivity index (χ0n) is 11.0. The van der Waals surface area contributed by atoms with Crippen molar-refractivity contribution in [2.75, 3.05) is 5.32 Å². The molecule has 0 spiro atoms. The van der Waals surface area contributed by atoms with Crippen molar-refractivity contribution in [1.82, 2.24) is 9.78 Å². The molecule has 0 radical (unpaired) electrons. The zero-order valence-corrected chi connectivity index (χ0v) is 12.6. The van der Waals surface area contributed by atoms with Crippen LogP contribution in [0.2, 0.25) is 0 Å². The van der Waals surface area contributed by atoms with Gasteiger partial charge in [0.25, 0.3) is 5.89 Å². The molecule has 0 fully saturated rings. The summed E-state index contributed by atoms with van der Waals surface area (Å²) in [5.74, 6) is -0.973. The standard InChI is InChI=1S/C13H8N4O3S2/c14-6-8-3-5-22-12(8)15-10(18)7-17-13(19)20-11(16-17)9-2-1-4-21-9/h1-5H,7H2,(H,15,18). The molecule has 3 rings (SSSR count). The molecule has 0 saturated carbocycles. The smallest absolute Gasteiger partial charge is 0.387 e. The van der Waals surface area contributed by atoms with Crippen LogP contribution < -0.4 is 11.1 Å². The topological polar surface area (TPSA) is 101 Å². The number of anilines is 1. The third kappa shape index (κ3) is 2.83. The maximum atomic E-state index is 11.9. The Hall–Kier alpha value is -2.70. The van der Waals surface area contributed by atoms with Crippen molar-refractivity contribution in [3.8, 4) is 16.8 Å². The molecule has 0 atom stereocenters. The van der Waals surface area contributed by atoms with Gasteiger partial charge in [-0.1, -0.05) is 6.07 Å². The minimum atomic E-state index is -0.703. The third-order valence-corrected chi connectivity index (χ3v) is 4.36. The number of rotatable bonds is 4. The minimum absolute atomic E-state index is 0.182. The number of thiophene rings is 2. The molecule has 110 valence electrons. The van der Waals surface area contributed by atoms with E-state index in [1.54, 1.807) is 17.5 Å². The van der Waals surface area contributed by atoms with Gasteiger partial charge in [-0.15, -0.1) is 27.8 Å². The predicted octanol–water partition coefficient (Wildman–Crippen LogP) is 2.14. The lowest BCUT2D eigenvalue weighted by Gasteiger charge is -2.01. The van der Waals surface area contributed by atoms with Crippen molar-refractivity contribution in [3.05, 3.63) is 45.1 Å². The van der Waals surface area contributed by atoms with Gasteiger partial charge in [0.15, 0.2) is 0 Å². The van der Waals surface area contributed by atoms with E-state index in [2.05, 4.69) is 10.4 Å². The molecule has 0 aliphatic rings. The van der Waals surface area contributed by atoms with Gasteiger partial charge in [0.05, 0.1) is 10.4 Å². The van der Waals surface area contributed by atoms with E-state index in [1.807, 2.05) is 17.5 Å². The lowest BCUT2D eigenvalue weighted by molar-refractivity contribution is -0.117. The second-order valence-corrected chi connectivity index (χ2v) is 6.00. The van der Waals surface area contributed by atoms with Crippen LogP contribution in [0.5, 0.6) is 0 Å². The minimum Gasteiger partial charge on any atom is -0.387 e. The molecular formula is C13H8N4O3S2. The van der Waals surface area contributed by atoms with Gasteiger partial charge in [0.2, 0.25) is 5.91 Å². The van der Waals surface area contributed by atoms with E-state index in [9.17, 15) is 9.59 Å². The van der Waals surface area contributed by atoms with E-state index >= 15 is 0 Å². The number of hydrogen-bond donors (Lipinski definition) is 1. The highest BCUT2D eigenvalue weighted by atomic mass is 32.1. The monoisotopic (exact) mass is 332 g/mol. The molecule has 7 nitrogen and oxygen atoms in total. The van der Waals surface area contributed by atoms with E-state index in [-0.39, 0.29) is 12.4 Å². The van der Waals surface area contributed by atoms with Gasteiger partial charge in [-0.2, -0.15) is 9.94 Å². The number of aromatic nitrogens is 2. The van der Waals surface area contributed by atoms with Crippen LogP contribution in [0.15, 0.2) is 38.2 Å². The van der Waals surface area contributed by atoms with Crippen molar-refractivity contribution in [3.63, 3.8) is 0 Å². The molecule has 0 bridgehead atoms. The summed E-state index contributed by atoms with van der Waals surface area (Å²) in [6, 6.07) is 7.16. The molecule has 1 amide bonds. The number of hydrogen-bond acceptors (Lipinski definition) is 7. The maximum Gasteiger partial charge on any atom is 0.437 e. The zero-order chi connectivity index (χ0) is 15.5. The summed E-state index contributed by atoms with van der Waals surface area (Å²) >= 11 is 2.62. The molecule has 3 aromatic heterocycles. The molecule has 0 aliphatic carbocycles. The fourth-order valence-corrected chi connectivity index (χ4v) is 3.10. The second kappa shape index (κ2) is 5.97. The van der Waals surface area contributed by atoms with Crippen LogP contribution in [0.1, 0.15) is 5.56 Å². The molecule has 3 aromatic rings. The summed E-state index contributed by atoms with van der Waals surface area (Å²) in [4.78, 5) is 24.4. The summed E-state index contributed by atoms with van der Waals surface area (Å²) in [5, 5.41) is 19.4. The summed E-state index contributed by atoms with van der Waals surface area (Å²) in [6.07, 6.45) is 0. The summed E-state index contributed by atoms with van der Waals surface area (Å²) in [7, 11) is 0. The van der Waals surface area contributed by atoms with Crippen molar-refractivity contribution < 1.29 is 9.21 Å². The number of amides is 1. The maximum absolute atomic E-state index is 11.9. The first-order chi connectivity index (χ1) is 10.7. The Morgan fingerprint density at radius 2 is 2.27 bits per heavy atom. The Bertz CT molecular complexity index is 899. The van der Waals surface area contributed by atoms with E-state index < -0.39 is 11.7 Å². The van der Waals surface area contributed by atoms with Crippen LogP contribution in [-0.4, -0.2) is 15.7 Å². The van der Waals surface area contributed by atoms with Crippen LogP contribution in [0.3, 0.4) is 0 Å². The van der Waals surface area contributed by atoms with Gasteiger partial charge in [-0.05, 0) is 22.9 Å². The number of nitrogens with one attached hydrogen (secondary N) is 1. The van der Waals surface area contributed by atoms with Crippen LogP contribution >= 0.6 is 22.7 Å². The van der Waals surface area contributed by atoms with Gasteiger partial charge in [-0.3, -0.25) is 4.79 Å². The normalized spacial score (nSPS) is 10.3. The third-order valence-electron chi connectivity index (χ3n) is 2.67. The van der Waals surface area contributed by atoms with Gasteiger partial charge >= 0.3 is 5.76 Å². The molecular weight excluding hydrogens is 324 g/mol. The number of carbonyl (C=O) groups is 1. The number of nitrogens with zero attached hydrogens (tertiary/aromatic N) is 3. The van der Waals surface area contributed by atoms with Crippen molar-refractivity contribution in [2.24, 2.45) is 0 Å². The van der Waals surface area contributed by atoms with Gasteiger partial charge in [-0.25, -0.2) is 4.79 Å². The average Bonchev–Trinajstić information content (AvgIpc) is 3.21. The molecule has 0 aliphatic heterocycles. The van der Waals surface area contributed by atoms with Crippen molar-refractivity contribution in [2.45, 2.75) is 6.54 Å². The van der Waals surface area contributed by atoms with Crippen LogP contribution in [0.4, 0.5) is 5.00 Å². The fraction of sp³-hybridized carbons (Fsp3) is 0.0769. The average molecular weight is 332 g/mol. The number of carbonyl (C=O) groups excluding carboxylic acids is 1. The van der Waals surface area contributed by atoms with Crippen molar-refractivity contribution in [1.29, 1.82) is 5.26 Å². The quantitative estimate of drug-likeness (QED) is 0.789. The predicted molar refractivity (Wildman–Crippen MR) is 81.7 cm³/mol. The largest absolute Gasteiger partial charge is 0.437 e. The van der Waals surface area contributed by atoms with E-state index in [4.69, 9.17) is 9.68 Å². The fourth-order valence-electron chi connectivity index (χ4n) is 1.70. The summed E-state index contributed by atoms with van der Waals surface area (Å²) < 4.78 is 5.97. The molecule has 3 heterocycles. The van der Waals surface area contributed by atoms with Gasteiger partial charge in [0.1, 0.15) is 17.6 Å². The molecule has 1 N–H and O–H groups in total. The van der Waals surface area contributed by atoms with Crippen molar-refractivity contribution >= 4 is 33.6 Å². The van der Waals surface area contributed by atoms with Gasteiger partial charge < -0.3 is 9.73 Å². The molecule has 0 saturated heterocycles. The molecule has 0 aromatic carbocycles. The first-order valence-electron chi connectivity index (χ1n) is 6.06. The highest BCUT2D eigenvalue weighted by molar-refractivity contribution is 7.14. The van der Waals surface area contributed by atoms with Gasteiger partial charge in [0, 0.05) is 0 Å². The second-order valence-electron chi connectivity index (χ2n) is 4.13. The summed E-state index contributed by atoms with van der Waals surface area (Å²) in [6.45, 7) is -0.281. The Morgan fingerprint density at radius 1 is 1.41 bits per heavy atom. The first kappa shape index (κ1) is 14.2. The highest BCUT2D eigenvalue weighted by Gasteiger charge is 2.15. The first-order valence-corrected chi connectivity index (χ1v) is 7.82. The Morgan fingerprint density at radius 3 is 3.00 bits per heavy atom. The SMILES string of the molecule is N#Cc1ccsc1NC(=O)Cn1nc(-c2cccs2)oc1=O. The van der Waals surface area contributed by atoms with E-state index in [0.717, 1.165) is 4.68 Å². The Balaban J connectivity index is 1.75. The Labute approximate surface area is 132 Å². The Kier molecular flexibility index (Phi) is 3.86. The summed E-state index contributed by atoms with van der Waals surface area (Å²) in [5.41, 5.74) is 0.380. The van der Waals surface area contributed by atoms with Crippen LogP contribution in [0, 0.1) is 11.3 Å².